The quantitative estimate of drug-likeness (QED) is 0.289. The number of hydrogen-bond donors (Lipinski definition) is 3. The average Bonchev–Trinajstić information content (AvgIpc) is 3.69. The number of piperidine rings is 1. The van der Waals surface area contributed by atoms with Crippen LogP contribution in [0.2, 0.25) is 0 Å². The van der Waals surface area contributed by atoms with Gasteiger partial charge in [0, 0.05) is 54.4 Å². The van der Waals surface area contributed by atoms with Gasteiger partial charge in [-0.15, -0.1) is 0 Å². The third-order valence-corrected chi connectivity index (χ3v) is 7.88. The number of fused-ring (bicyclic) bond motifs is 1. The first kappa shape index (κ1) is 26.3. The van der Waals surface area contributed by atoms with Crippen LogP contribution in [0.15, 0.2) is 73.1 Å². The minimum atomic E-state index is -0.256. The van der Waals surface area contributed by atoms with Gasteiger partial charge in [0.25, 0.3) is 0 Å². The van der Waals surface area contributed by atoms with E-state index < -0.39 is 0 Å². The normalized spacial score (nSPS) is 15.9. The zero-order valence-electron chi connectivity index (χ0n) is 22.7. The Balaban J connectivity index is 1.12. The molecule has 2 aromatic carbocycles. The molecule has 3 N–H and O–H groups in total. The number of carbonyl (C=O) groups is 2. The Kier molecular flexibility index (Phi) is 7.52. The van der Waals surface area contributed by atoms with Crippen molar-refractivity contribution in [2.24, 2.45) is 0 Å². The van der Waals surface area contributed by atoms with Gasteiger partial charge in [-0.2, -0.15) is 5.26 Å². The first-order chi connectivity index (χ1) is 20.1. The van der Waals surface area contributed by atoms with Crippen LogP contribution in [0.4, 0.5) is 32.5 Å². The first-order valence-electron chi connectivity index (χ1n) is 14.0. The molecule has 0 aliphatic carbocycles. The van der Waals surface area contributed by atoms with Crippen molar-refractivity contribution >= 4 is 45.8 Å². The molecular weight excluding hydrogens is 516 g/mol. The molecular formula is C31H32N8O2. The van der Waals surface area contributed by atoms with E-state index in [4.69, 9.17) is 0 Å². The van der Waals surface area contributed by atoms with Gasteiger partial charge < -0.3 is 20.4 Å². The SMILES string of the molecule is N#Cc1cnc(NC(=O)N2CCC(N3CCCC3)CC2)cc1Nc1ccc2c(ccn2C(=O)Nc2ccccc2)c1. The molecule has 3 amide bonds. The Labute approximate surface area is 238 Å². The summed E-state index contributed by atoms with van der Waals surface area (Å²) in [5.74, 6) is 0.378. The summed E-state index contributed by atoms with van der Waals surface area (Å²) in [4.78, 5) is 34.5. The predicted molar refractivity (Wildman–Crippen MR) is 159 cm³/mol. The van der Waals surface area contributed by atoms with Crippen LogP contribution in [0.25, 0.3) is 10.9 Å². The highest BCUT2D eigenvalue weighted by molar-refractivity contribution is 5.99. The second kappa shape index (κ2) is 11.7. The van der Waals surface area contributed by atoms with E-state index in [0.29, 0.717) is 28.8 Å². The van der Waals surface area contributed by atoms with E-state index in [2.05, 4.69) is 31.9 Å². The van der Waals surface area contributed by atoms with Crippen LogP contribution in [-0.2, 0) is 0 Å². The molecule has 2 aliphatic heterocycles. The molecule has 208 valence electrons. The number of anilines is 4. The summed E-state index contributed by atoms with van der Waals surface area (Å²) in [6.07, 6.45) is 7.70. The van der Waals surface area contributed by atoms with Crippen LogP contribution < -0.4 is 16.0 Å². The van der Waals surface area contributed by atoms with Crippen molar-refractivity contribution in [3.8, 4) is 6.07 Å². The van der Waals surface area contributed by atoms with Gasteiger partial charge in [-0.05, 0) is 75.2 Å². The summed E-state index contributed by atoms with van der Waals surface area (Å²) in [5.41, 5.74) is 3.10. The fraction of sp³-hybridized carbons (Fsp3) is 0.290. The Hall–Kier alpha value is -4.88. The molecule has 4 aromatic rings. The van der Waals surface area contributed by atoms with Crippen LogP contribution in [0.3, 0.4) is 0 Å². The molecule has 10 nitrogen and oxygen atoms in total. The van der Waals surface area contributed by atoms with Crippen LogP contribution >= 0.6 is 0 Å². The van der Waals surface area contributed by atoms with Crippen molar-refractivity contribution in [1.82, 2.24) is 19.4 Å². The molecule has 0 bridgehead atoms. The van der Waals surface area contributed by atoms with Gasteiger partial charge in [-0.25, -0.2) is 14.6 Å². The van der Waals surface area contributed by atoms with Gasteiger partial charge in [-0.1, -0.05) is 18.2 Å². The monoisotopic (exact) mass is 548 g/mol. The van der Waals surface area contributed by atoms with E-state index >= 15 is 0 Å². The fourth-order valence-corrected chi connectivity index (χ4v) is 5.70. The Morgan fingerprint density at radius 1 is 0.878 bits per heavy atom. The maximum atomic E-state index is 13.0. The number of amides is 3. The van der Waals surface area contributed by atoms with Crippen LogP contribution in [0.1, 0.15) is 31.2 Å². The molecule has 0 atom stereocenters. The molecule has 6 rings (SSSR count). The largest absolute Gasteiger partial charge is 0.354 e. The van der Waals surface area contributed by atoms with E-state index in [1.165, 1.54) is 32.1 Å². The molecule has 4 heterocycles. The molecule has 2 aliphatic rings. The summed E-state index contributed by atoms with van der Waals surface area (Å²) in [6, 6.07) is 20.7. The summed E-state index contributed by atoms with van der Waals surface area (Å²) < 4.78 is 1.56. The van der Waals surface area contributed by atoms with Gasteiger partial charge in [0.2, 0.25) is 0 Å². The number of para-hydroxylation sites is 1. The van der Waals surface area contributed by atoms with Crippen LogP contribution in [0, 0.1) is 11.3 Å². The second-order valence-electron chi connectivity index (χ2n) is 10.5. The van der Waals surface area contributed by atoms with Gasteiger partial charge in [0.05, 0.1) is 16.8 Å². The van der Waals surface area contributed by atoms with Gasteiger partial charge >= 0.3 is 12.1 Å². The lowest BCUT2D eigenvalue weighted by Gasteiger charge is -2.36. The van der Waals surface area contributed by atoms with Gasteiger partial charge in [-0.3, -0.25) is 9.88 Å². The maximum absolute atomic E-state index is 13.0. The second-order valence-corrected chi connectivity index (χ2v) is 10.5. The third-order valence-electron chi connectivity index (χ3n) is 7.88. The molecule has 0 unspecified atom stereocenters. The van der Waals surface area contributed by atoms with E-state index in [0.717, 1.165) is 42.5 Å². The summed E-state index contributed by atoms with van der Waals surface area (Å²) in [6.45, 7) is 3.78. The number of urea groups is 1. The smallest absolute Gasteiger partial charge is 0.330 e. The Bertz CT molecular complexity index is 1600. The van der Waals surface area contributed by atoms with Crippen molar-refractivity contribution in [1.29, 1.82) is 5.26 Å². The van der Waals surface area contributed by atoms with Crippen molar-refractivity contribution in [3.05, 3.63) is 78.6 Å². The Morgan fingerprint density at radius 3 is 2.41 bits per heavy atom. The lowest BCUT2D eigenvalue weighted by molar-refractivity contribution is 0.140. The number of carbonyl (C=O) groups excluding carboxylic acids is 2. The summed E-state index contributed by atoms with van der Waals surface area (Å²) >= 11 is 0. The van der Waals surface area contributed by atoms with E-state index in [1.807, 2.05) is 59.5 Å². The van der Waals surface area contributed by atoms with Crippen molar-refractivity contribution in [2.75, 3.05) is 42.1 Å². The molecule has 0 radical (unpaired) electrons. The zero-order valence-corrected chi connectivity index (χ0v) is 22.7. The highest BCUT2D eigenvalue weighted by atomic mass is 16.2. The highest BCUT2D eigenvalue weighted by Gasteiger charge is 2.28. The Morgan fingerprint density at radius 2 is 1.66 bits per heavy atom. The van der Waals surface area contributed by atoms with Gasteiger partial charge in [0.15, 0.2) is 0 Å². The van der Waals surface area contributed by atoms with E-state index in [-0.39, 0.29) is 12.1 Å². The number of nitrogens with one attached hydrogen (secondary N) is 3. The molecule has 2 aromatic heterocycles. The first-order valence-corrected chi connectivity index (χ1v) is 14.0. The lowest BCUT2D eigenvalue weighted by Crippen LogP contribution is -2.47. The number of hydrogen-bond acceptors (Lipinski definition) is 6. The van der Waals surface area contributed by atoms with Crippen molar-refractivity contribution in [3.63, 3.8) is 0 Å². The number of nitrogens with zero attached hydrogens (tertiary/aromatic N) is 5. The van der Waals surface area contributed by atoms with Crippen molar-refractivity contribution < 1.29 is 9.59 Å². The molecule has 0 saturated carbocycles. The summed E-state index contributed by atoms with van der Waals surface area (Å²) in [7, 11) is 0. The topological polar surface area (TPSA) is 118 Å². The van der Waals surface area contributed by atoms with Gasteiger partial charge in [0.1, 0.15) is 11.9 Å². The number of pyridine rings is 1. The minimum Gasteiger partial charge on any atom is -0.354 e. The number of rotatable bonds is 5. The van der Waals surface area contributed by atoms with Crippen LogP contribution in [0.5, 0.6) is 0 Å². The molecule has 2 saturated heterocycles. The van der Waals surface area contributed by atoms with E-state index in [1.54, 1.807) is 16.8 Å². The number of likely N-dealkylation sites (tertiary alicyclic amines) is 2. The number of nitriles is 1. The lowest BCUT2D eigenvalue weighted by atomic mass is 10.0. The van der Waals surface area contributed by atoms with Crippen molar-refractivity contribution in [2.45, 2.75) is 31.7 Å². The summed E-state index contributed by atoms with van der Waals surface area (Å²) in [5, 5.41) is 19.6. The molecule has 0 spiro atoms. The fourth-order valence-electron chi connectivity index (χ4n) is 5.70. The highest BCUT2D eigenvalue weighted by Crippen LogP contribution is 2.27. The van der Waals surface area contributed by atoms with Crippen LogP contribution in [-0.4, -0.2) is 63.6 Å². The molecule has 10 heteroatoms. The maximum Gasteiger partial charge on any atom is 0.330 e. The third kappa shape index (κ3) is 5.85. The molecule has 41 heavy (non-hydrogen) atoms. The zero-order chi connectivity index (χ0) is 28.2. The molecule has 2 fully saturated rings. The standard InChI is InChI=1S/C31H32N8O2/c32-20-23-21-33-29(36-30(40)38-15-11-26(12-16-38)37-13-4-5-14-37)19-27(23)34-25-8-9-28-22(18-25)10-17-39(28)31(41)35-24-6-2-1-3-7-24/h1-3,6-10,17-19,21,26H,4-5,11-16H2,(H,35,41)(H2,33,34,36,40). The average molecular weight is 549 g/mol. The number of aromatic nitrogens is 2. The minimum absolute atomic E-state index is 0.176. The number of benzene rings is 2. The predicted octanol–water partition coefficient (Wildman–Crippen LogP) is 5.82. The van der Waals surface area contributed by atoms with E-state index in [9.17, 15) is 14.9 Å².